The molecule has 0 unspecified atom stereocenters. The third kappa shape index (κ3) is 3.01. The quantitative estimate of drug-likeness (QED) is 0.481. The Kier molecular flexibility index (Phi) is 4.48. The van der Waals surface area contributed by atoms with Crippen molar-refractivity contribution >= 4 is 16.6 Å². The highest BCUT2D eigenvalue weighted by Gasteiger charge is 2.51. The number of carbonyl (C=O) groups is 1. The summed E-state index contributed by atoms with van der Waals surface area (Å²) in [5.41, 5.74) is 0.938. The number of hydrogen-bond donors (Lipinski definition) is 0. The van der Waals surface area contributed by atoms with Gasteiger partial charge in [0.15, 0.2) is 0 Å². The fourth-order valence-electron chi connectivity index (χ4n) is 4.62. The van der Waals surface area contributed by atoms with E-state index in [2.05, 4.69) is 0 Å². The summed E-state index contributed by atoms with van der Waals surface area (Å²) >= 11 is 0. The summed E-state index contributed by atoms with van der Waals surface area (Å²) in [7, 11) is 0. The van der Waals surface area contributed by atoms with E-state index in [4.69, 9.17) is 0 Å². The van der Waals surface area contributed by atoms with Crippen LogP contribution in [0.1, 0.15) is 36.3 Å². The zero-order chi connectivity index (χ0) is 18.9. The van der Waals surface area contributed by atoms with Gasteiger partial charge in [-0.2, -0.15) is 0 Å². The van der Waals surface area contributed by atoms with Crippen LogP contribution in [0.5, 0.6) is 0 Å². The maximum absolute atomic E-state index is 13.1. The Morgan fingerprint density at radius 3 is 2.33 bits per heavy atom. The summed E-state index contributed by atoms with van der Waals surface area (Å²) in [4.78, 5) is 24.4. The minimum atomic E-state index is -0.823. The number of benzene rings is 3. The van der Waals surface area contributed by atoms with E-state index in [1.165, 1.54) is 0 Å². The fraction of sp³-hybridized carbons (Fsp3) is 0.261. The highest BCUT2D eigenvalue weighted by Crippen LogP contribution is 2.49. The highest BCUT2D eigenvalue weighted by molar-refractivity contribution is 5.94. The molecule has 0 aromatic heterocycles. The Balaban J connectivity index is 1.91. The molecule has 0 bridgehead atoms. The largest absolute Gasteiger partial charge is 0.299 e. The van der Waals surface area contributed by atoms with Crippen LogP contribution in [0.3, 0.4) is 0 Å². The van der Waals surface area contributed by atoms with Crippen LogP contribution in [-0.2, 0) is 10.2 Å². The summed E-state index contributed by atoms with van der Waals surface area (Å²) in [5.74, 6) is -0.358. The number of ketones is 1. The molecular formula is C23H21NO3. The van der Waals surface area contributed by atoms with Crippen molar-refractivity contribution in [3.63, 3.8) is 0 Å². The van der Waals surface area contributed by atoms with Crippen LogP contribution in [0.4, 0.5) is 0 Å². The number of Topliss-reactive ketones (excluding diaryl/α,β-unsaturated/α-hetero) is 1. The minimum Gasteiger partial charge on any atom is -0.299 e. The van der Waals surface area contributed by atoms with Gasteiger partial charge >= 0.3 is 0 Å². The van der Waals surface area contributed by atoms with Gasteiger partial charge in [0.2, 0.25) is 6.54 Å². The summed E-state index contributed by atoms with van der Waals surface area (Å²) < 4.78 is 0. The molecular weight excluding hydrogens is 338 g/mol. The predicted octanol–water partition coefficient (Wildman–Crippen LogP) is 4.89. The molecule has 1 aliphatic rings. The van der Waals surface area contributed by atoms with Gasteiger partial charge in [0.1, 0.15) is 5.78 Å². The first-order chi connectivity index (χ1) is 13.1. The molecule has 1 saturated carbocycles. The van der Waals surface area contributed by atoms with Gasteiger partial charge in [0.05, 0.1) is 11.3 Å². The lowest BCUT2D eigenvalue weighted by molar-refractivity contribution is -0.485. The topological polar surface area (TPSA) is 60.2 Å². The molecule has 2 atom stereocenters. The molecule has 0 saturated heterocycles. The zero-order valence-corrected chi connectivity index (χ0v) is 15.0. The molecule has 3 aromatic carbocycles. The Morgan fingerprint density at radius 1 is 0.963 bits per heavy atom. The van der Waals surface area contributed by atoms with Crippen LogP contribution in [0, 0.1) is 10.1 Å². The van der Waals surface area contributed by atoms with Crippen LogP contribution in [0.25, 0.3) is 10.8 Å². The Hall–Kier alpha value is -3.01. The van der Waals surface area contributed by atoms with E-state index in [-0.39, 0.29) is 17.3 Å². The molecule has 0 spiro atoms. The molecule has 3 aromatic rings. The van der Waals surface area contributed by atoms with Gasteiger partial charge in [-0.3, -0.25) is 14.9 Å². The van der Waals surface area contributed by atoms with E-state index in [0.717, 1.165) is 28.3 Å². The molecule has 4 nitrogen and oxygen atoms in total. The van der Waals surface area contributed by atoms with Crippen LogP contribution < -0.4 is 0 Å². The maximum atomic E-state index is 13.1. The van der Waals surface area contributed by atoms with E-state index >= 15 is 0 Å². The average Bonchev–Trinajstić information content (AvgIpc) is 3.08. The van der Waals surface area contributed by atoms with Crippen molar-refractivity contribution in [3.05, 3.63) is 94.0 Å². The van der Waals surface area contributed by atoms with E-state index in [0.29, 0.717) is 12.8 Å². The lowest BCUT2D eigenvalue weighted by Gasteiger charge is -2.35. The number of nitro groups is 1. The van der Waals surface area contributed by atoms with E-state index in [1.807, 2.05) is 72.8 Å². The van der Waals surface area contributed by atoms with Gasteiger partial charge in [-0.15, -0.1) is 0 Å². The average molecular weight is 359 g/mol. The molecule has 1 fully saturated rings. The minimum absolute atomic E-state index is 0.119. The molecule has 1 aliphatic carbocycles. The monoisotopic (exact) mass is 359 g/mol. The summed E-state index contributed by atoms with van der Waals surface area (Å²) in [6.07, 6.45) is 1.91. The van der Waals surface area contributed by atoms with E-state index in [1.54, 1.807) is 0 Å². The van der Waals surface area contributed by atoms with Gasteiger partial charge in [0, 0.05) is 11.3 Å². The van der Waals surface area contributed by atoms with Crippen molar-refractivity contribution in [1.29, 1.82) is 0 Å². The molecule has 0 amide bonds. The predicted molar refractivity (Wildman–Crippen MR) is 106 cm³/mol. The molecule has 0 heterocycles. The van der Waals surface area contributed by atoms with E-state index < -0.39 is 11.3 Å². The highest BCUT2D eigenvalue weighted by atomic mass is 16.6. The number of hydrogen-bond acceptors (Lipinski definition) is 3. The second-order valence-corrected chi connectivity index (χ2v) is 7.29. The van der Waals surface area contributed by atoms with Crippen molar-refractivity contribution in [1.82, 2.24) is 0 Å². The first kappa shape index (κ1) is 17.4. The van der Waals surface area contributed by atoms with Crippen molar-refractivity contribution in [3.8, 4) is 0 Å². The van der Waals surface area contributed by atoms with Crippen molar-refractivity contribution in [2.24, 2.45) is 0 Å². The third-order valence-corrected chi connectivity index (χ3v) is 5.86. The summed E-state index contributed by atoms with van der Waals surface area (Å²) in [6, 6.07) is 23.5. The van der Waals surface area contributed by atoms with Gasteiger partial charge in [-0.1, -0.05) is 72.8 Å². The summed E-state index contributed by atoms with van der Waals surface area (Å²) in [6.45, 7) is -0.251. The number of carbonyl (C=O) groups excluding carboxylic acids is 1. The normalized spacial score (nSPS) is 20.7. The molecule has 0 aliphatic heterocycles. The van der Waals surface area contributed by atoms with Gasteiger partial charge in [-0.05, 0) is 34.7 Å². The molecule has 4 rings (SSSR count). The Labute approximate surface area is 158 Å². The fourth-order valence-corrected chi connectivity index (χ4v) is 4.62. The Bertz CT molecular complexity index is 999. The SMILES string of the molecule is O=C1CCC[C@@]1(c1ccccc1)[C@@H](C[N+](=O)[O-])c1ccc2ccccc2c1. The standard InChI is InChI=1S/C23H21NO3/c25-22-11-6-14-23(22,20-9-2-1-3-10-20)21(16-24(26)27)19-13-12-17-7-4-5-8-18(17)15-19/h1-5,7-10,12-13,15,21H,6,11,14,16H2/t21-,23+/m0/s1. The van der Waals surface area contributed by atoms with Crippen molar-refractivity contribution in [2.75, 3.05) is 6.54 Å². The number of nitrogens with zero attached hydrogens (tertiary/aromatic N) is 1. The first-order valence-electron chi connectivity index (χ1n) is 9.30. The molecule has 136 valence electrons. The van der Waals surface area contributed by atoms with Crippen LogP contribution in [-0.4, -0.2) is 17.3 Å². The molecule has 4 heteroatoms. The van der Waals surface area contributed by atoms with Gasteiger partial charge < -0.3 is 0 Å². The van der Waals surface area contributed by atoms with Crippen LogP contribution in [0.2, 0.25) is 0 Å². The lowest BCUT2D eigenvalue weighted by Crippen LogP contribution is -2.41. The molecule has 0 radical (unpaired) electrons. The number of rotatable bonds is 5. The van der Waals surface area contributed by atoms with E-state index in [9.17, 15) is 14.9 Å². The molecule has 27 heavy (non-hydrogen) atoms. The zero-order valence-electron chi connectivity index (χ0n) is 15.0. The first-order valence-corrected chi connectivity index (χ1v) is 9.30. The van der Waals surface area contributed by atoms with Gasteiger partial charge in [0.25, 0.3) is 0 Å². The molecule has 0 N–H and O–H groups in total. The lowest BCUT2D eigenvalue weighted by atomic mass is 9.65. The third-order valence-electron chi connectivity index (χ3n) is 5.86. The smallest absolute Gasteiger partial charge is 0.211 e. The van der Waals surface area contributed by atoms with Gasteiger partial charge in [-0.25, -0.2) is 0 Å². The van der Waals surface area contributed by atoms with Crippen molar-refractivity contribution < 1.29 is 9.72 Å². The summed E-state index contributed by atoms with van der Waals surface area (Å²) in [5, 5.41) is 13.7. The second kappa shape index (κ2) is 6.95. The Morgan fingerprint density at radius 2 is 1.67 bits per heavy atom. The van der Waals surface area contributed by atoms with Crippen molar-refractivity contribution in [2.45, 2.75) is 30.6 Å². The van der Waals surface area contributed by atoms with Crippen LogP contribution >= 0.6 is 0 Å². The number of fused-ring (bicyclic) bond motifs is 1. The van der Waals surface area contributed by atoms with Crippen LogP contribution in [0.15, 0.2) is 72.8 Å². The second-order valence-electron chi connectivity index (χ2n) is 7.29. The maximum Gasteiger partial charge on any atom is 0.211 e.